The molecular formula is C12H16INO2. The van der Waals surface area contributed by atoms with Gasteiger partial charge in [0.05, 0.1) is 19.3 Å². The van der Waals surface area contributed by atoms with Crippen LogP contribution in [0.1, 0.15) is 11.7 Å². The predicted molar refractivity (Wildman–Crippen MR) is 71.4 cm³/mol. The van der Waals surface area contributed by atoms with Gasteiger partial charge in [-0.05, 0) is 40.3 Å². The van der Waals surface area contributed by atoms with E-state index in [2.05, 4.69) is 27.5 Å². The maximum atomic E-state index is 10.1. The summed E-state index contributed by atoms with van der Waals surface area (Å²) in [4.78, 5) is 2.24. The highest BCUT2D eigenvalue weighted by Gasteiger charge is 2.15. The quantitative estimate of drug-likeness (QED) is 0.854. The normalized spacial score (nSPS) is 19.6. The van der Waals surface area contributed by atoms with E-state index in [0.717, 1.165) is 31.9 Å². The van der Waals surface area contributed by atoms with Crippen molar-refractivity contribution in [3.8, 4) is 0 Å². The van der Waals surface area contributed by atoms with Crippen molar-refractivity contribution in [1.29, 1.82) is 0 Å². The summed E-state index contributed by atoms with van der Waals surface area (Å²) >= 11 is 2.27. The lowest BCUT2D eigenvalue weighted by Crippen LogP contribution is -2.38. The van der Waals surface area contributed by atoms with Crippen LogP contribution in [0.3, 0.4) is 0 Å². The van der Waals surface area contributed by atoms with Crippen LogP contribution in [0.4, 0.5) is 0 Å². The zero-order chi connectivity index (χ0) is 11.4. The second-order valence-electron chi connectivity index (χ2n) is 3.98. The molecule has 16 heavy (non-hydrogen) atoms. The summed E-state index contributed by atoms with van der Waals surface area (Å²) in [6.45, 7) is 4.09. The Hall–Kier alpha value is -0.170. The zero-order valence-electron chi connectivity index (χ0n) is 9.10. The van der Waals surface area contributed by atoms with E-state index in [1.807, 2.05) is 24.3 Å². The van der Waals surface area contributed by atoms with Crippen LogP contribution in [0.5, 0.6) is 0 Å². The Morgan fingerprint density at radius 2 is 1.88 bits per heavy atom. The van der Waals surface area contributed by atoms with Gasteiger partial charge in [0.1, 0.15) is 0 Å². The maximum Gasteiger partial charge on any atom is 0.0916 e. The first kappa shape index (κ1) is 12.3. The summed E-state index contributed by atoms with van der Waals surface area (Å²) in [7, 11) is 0. The van der Waals surface area contributed by atoms with Gasteiger partial charge in [-0.3, -0.25) is 4.90 Å². The van der Waals surface area contributed by atoms with Crippen molar-refractivity contribution in [3.05, 3.63) is 33.4 Å². The van der Waals surface area contributed by atoms with Gasteiger partial charge in [-0.15, -0.1) is 0 Å². The fraction of sp³-hybridized carbons (Fsp3) is 0.500. The largest absolute Gasteiger partial charge is 0.387 e. The average Bonchev–Trinajstić information content (AvgIpc) is 2.31. The molecule has 3 nitrogen and oxygen atoms in total. The number of hydrogen-bond donors (Lipinski definition) is 1. The molecule has 4 heteroatoms. The van der Waals surface area contributed by atoms with E-state index in [1.54, 1.807) is 0 Å². The summed E-state index contributed by atoms with van der Waals surface area (Å²) < 4.78 is 6.47. The van der Waals surface area contributed by atoms with Gasteiger partial charge in [-0.2, -0.15) is 0 Å². The summed E-state index contributed by atoms with van der Waals surface area (Å²) in [5.74, 6) is 0. The van der Waals surface area contributed by atoms with Crippen LogP contribution in [0.25, 0.3) is 0 Å². The number of aliphatic hydroxyl groups excluding tert-OH is 1. The molecule has 88 valence electrons. The van der Waals surface area contributed by atoms with Crippen molar-refractivity contribution in [2.24, 2.45) is 0 Å². The number of morpholine rings is 1. The van der Waals surface area contributed by atoms with Crippen LogP contribution in [-0.4, -0.2) is 42.9 Å². The molecule has 0 radical (unpaired) electrons. The molecule has 0 spiro atoms. The molecule has 0 aromatic heterocycles. The number of ether oxygens (including phenoxy) is 1. The average molecular weight is 333 g/mol. The molecule has 1 N–H and O–H groups in total. The van der Waals surface area contributed by atoms with E-state index in [-0.39, 0.29) is 0 Å². The van der Waals surface area contributed by atoms with Crippen LogP contribution in [0.15, 0.2) is 24.3 Å². The van der Waals surface area contributed by atoms with Crippen LogP contribution in [0.2, 0.25) is 0 Å². The van der Waals surface area contributed by atoms with Gasteiger partial charge >= 0.3 is 0 Å². The van der Waals surface area contributed by atoms with Crippen molar-refractivity contribution in [2.75, 3.05) is 32.8 Å². The van der Waals surface area contributed by atoms with E-state index in [9.17, 15) is 5.11 Å². The molecule has 0 aliphatic carbocycles. The van der Waals surface area contributed by atoms with Crippen LogP contribution in [0, 0.1) is 3.57 Å². The first-order chi connectivity index (χ1) is 7.75. The fourth-order valence-electron chi connectivity index (χ4n) is 1.82. The molecule has 1 heterocycles. The molecule has 1 aliphatic heterocycles. The lowest BCUT2D eigenvalue weighted by Gasteiger charge is -2.28. The number of halogens is 1. The molecule has 0 unspecified atom stereocenters. The summed E-state index contributed by atoms with van der Waals surface area (Å²) in [6, 6.07) is 8.04. The molecule has 2 rings (SSSR count). The van der Waals surface area contributed by atoms with Crippen molar-refractivity contribution in [2.45, 2.75) is 6.10 Å². The standard InChI is InChI=1S/C12H16INO2/c13-11-3-1-10(2-4-11)12(15)9-14-5-7-16-8-6-14/h1-4,12,15H,5-9H2/t12-/m0/s1. The Bertz CT molecular complexity index is 322. The van der Waals surface area contributed by atoms with E-state index < -0.39 is 6.10 Å². The monoisotopic (exact) mass is 333 g/mol. The van der Waals surface area contributed by atoms with Gasteiger partial charge in [0.15, 0.2) is 0 Å². The highest BCUT2D eigenvalue weighted by molar-refractivity contribution is 14.1. The second-order valence-corrected chi connectivity index (χ2v) is 5.23. The molecule has 1 atom stereocenters. The van der Waals surface area contributed by atoms with Crippen molar-refractivity contribution < 1.29 is 9.84 Å². The Balaban J connectivity index is 1.91. The highest BCUT2D eigenvalue weighted by atomic mass is 127. The Labute approximate surface area is 110 Å². The molecule has 0 bridgehead atoms. The molecule has 1 saturated heterocycles. The first-order valence-corrected chi connectivity index (χ1v) is 6.57. The third kappa shape index (κ3) is 3.41. The van der Waals surface area contributed by atoms with E-state index in [4.69, 9.17) is 4.74 Å². The van der Waals surface area contributed by atoms with Crippen LogP contribution < -0.4 is 0 Å². The molecular weight excluding hydrogens is 317 g/mol. The summed E-state index contributed by atoms with van der Waals surface area (Å²) in [5.41, 5.74) is 0.993. The number of rotatable bonds is 3. The smallest absolute Gasteiger partial charge is 0.0916 e. The Kier molecular flexibility index (Phi) is 4.57. The molecule has 1 aromatic carbocycles. The SMILES string of the molecule is O[C@@H](CN1CCOCC1)c1ccc(I)cc1. The van der Waals surface area contributed by atoms with Gasteiger partial charge in [0.25, 0.3) is 0 Å². The minimum absolute atomic E-state index is 0.393. The topological polar surface area (TPSA) is 32.7 Å². The first-order valence-electron chi connectivity index (χ1n) is 5.49. The number of benzene rings is 1. The molecule has 0 amide bonds. The molecule has 1 fully saturated rings. The zero-order valence-corrected chi connectivity index (χ0v) is 11.3. The molecule has 0 saturated carbocycles. The Morgan fingerprint density at radius 3 is 2.50 bits per heavy atom. The highest BCUT2D eigenvalue weighted by Crippen LogP contribution is 2.16. The second kappa shape index (κ2) is 5.95. The summed E-state index contributed by atoms with van der Waals surface area (Å²) in [5, 5.41) is 10.1. The maximum absolute atomic E-state index is 10.1. The number of nitrogens with zero attached hydrogens (tertiary/aromatic N) is 1. The fourth-order valence-corrected chi connectivity index (χ4v) is 2.18. The summed E-state index contributed by atoms with van der Waals surface area (Å²) in [6.07, 6.45) is -0.393. The van der Waals surface area contributed by atoms with Gasteiger partial charge in [-0.1, -0.05) is 12.1 Å². The number of hydrogen-bond acceptors (Lipinski definition) is 3. The third-order valence-corrected chi connectivity index (χ3v) is 3.51. The lowest BCUT2D eigenvalue weighted by atomic mass is 10.1. The van der Waals surface area contributed by atoms with Crippen molar-refractivity contribution >= 4 is 22.6 Å². The van der Waals surface area contributed by atoms with Crippen molar-refractivity contribution in [3.63, 3.8) is 0 Å². The molecule has 1 aliphatic rings. The van der Waals surface area contributed by atoms with Gasteiger partial charge in [-0.25, -0.2) is 0 Å². The minimum atomic E-state index is -0.393. The van der Waals surface area contributed by atoms with E-state index >= 15 is 0 Å². The van der Waals surface area contributed by atoms with Gasteiger partial charge in [0.2, 0.25) is 0 Å². The minimum Gasteiger partial charge on any atom is -0.387 e. The van der Waals surface area contributed by atoms with Crippen LogP contribution >= 0.6 is 22.6 Å². The lowest BCUT2D eigenvalue weighted by molar-refractivity contribution is 0.0143. The van der Waals surface area contributed by atoms with Crippen molar-refractivity contribution in [1.82, 2.24) is 4.90 Å². The van der Waals surface area contributed by atoms with E-state index in [1.165, 1.54) is 3.57 Å². The third-order valence-electron chi connectivity index (χ3n) is 2.79. The van der Waals surface area contributed by atoms with Crippen LogP contribution in [-0.2, 0) is 4.74 Å². The van der Waals surface area contributed by atoms with Gasteiger partial charge in [0, 0.05) is 23.2 Å². The number of β-amino-alcohol motifs (C(OH)–C–C–N with tert-alkyl or cyclic N) is 1. The van der Waals surface area contributed by atoms with E-state index in [0.29, 0.717) is 6.54 Å². The number of aliphatic hydroxyl groups is 1. The Morgan fingerprint density at radius 1 is 1.25 bits per heavy atom. The van der Waals surface area contributed by atoms with Gasteiger partial charge < -0.3 is 9.84 Å². The molecule has 1 aromatic rings. The predicted octanol–water partition coefficient (Wildman–Crippen LogP) is 1.66.